The maximum Gasteiger partial charge on any atom is 0.265 e. The normalized spacial score (nSPS) is 12.7. The molecule has 0 atom stereocenters. The highest BCUT2D eigenvalue weighted by atomic mass is 16.1. The molecule has 0 aliphatic heterocycles. The van der Waals surface area contributed by atoms with E-state index in [1.165, 1.54) is 48.7 Å². The Bertz CT molecular complexity index is 3050. The van der Waals surface area contributed by atoms with Crippen LogP contribution < -0.4 is 5.56 Å². The molecule has 0 amide bonds. The number of nitrogens with zero attached hydrogens (tertiary/aromatic N) is 4. The molecule has 0 saturated heterocycles. The first-order valence-corrected chi connectivity index (χ1v) is 16.4. The van der Waals surface area contributed by atoms with Crippen LogP contribution in [0.2, 0.25) is 0 Å². The molecule has 0 saturated carbocycles. The Morgan fingerprint density at radius 1 is 0.596 bits per heavy atom. The molecule has 0 radical (unpaired) electrons. The summed E-state index contributed by atoms with van der Waals surface area (Å²) in [5.74, 6) is 0. The average molecular weight is 603 g/mol. The zero-order chi connectivity index (χ0) is 31.0. The van der Waals surface area contributed by atoms with E-state index in [0.717, 1.165) is 79.7 Å². The van der Waals surface area contributed by atoms with Crippen molar-refractivity contribution >= 4 is 81.3 Å². The second-order valence-corrected chi connectivity index (χ2v) is 13.0. The van der Waals surface area contributed by atoms with E-state index in [-0.39, 0.29) is 5.56 Å². The number of unbranched alkanes of at least 4 members (excludes halogenated alkanes) is 1. The van der Waals surface area contributed by atoms with E-state index in [1.54, 1.807) is 0 Å². The highest BCUT2D eigenvalue weighted by Gasteiger charge is 2.29. The molecule has 0 aliphatic rings. The van der Waals surface area contributed by atoms with Gasteiger partial charge in [0.1, 0.15) is 5.65 Å². The monoisotopic (exact) mass is 602 g/mol. The largest absolute Gasteiger partial charge is 0.268 e. The molecule has 0 fully saturated rings. The van der Waals surface area contributed by atoms with Gasteiger partial charge in [0, 0.05) is 30.2 Å². The van der Waals surface area contributed by atoms with Gasteiger partial charge in [-0.15, -0.1) is 0 Å². The van der Waals surface area contributed by atoms with E-state index in [1.807, 2.05) is 29.2 Å². The molecule has 0 aliphatic carbocycles. The van der Waals surface area contributed by atoms with Crippen molar-refractivity contribution in [2.75, 3.05) is 0 Å². The number of benzene rings is 6. The zero-order valence-electron chi connectivity index (χ0n) is 25.6. The standard InChI is InChI=1S/C42H26N4O/c1-2-3-4-22-5-10-32-33(19-22)46-41(45-32)39-30-20-28(23-11-15-43-16-12-23)26-8-6-25-7-9-27-29(24-13-17-44-18-14-24)21-31(40(39)42(46)47)38-36(27)34(25)35(26)37(30)38/h5-21H,2-4H2,1H3. The number of hydrogen-bond acceptors (Lipinski definition) is 4. The van der Waals surface area contributed by atoms with Crippen molar-refractivity contribution in [3.8, 4) is 22.3 Å². The van der Waals surface area contributed by atoms with Crippen LogP contribution in [0.25, 0.3) is 104 Å². The van der Waals surface area contributed by atoms with Gasteiger partial charge in [-0.2, -0.15) is 0 Å². The van der Waals surface area contributed by atoms with Gasteiger partial charge in [-0.05, 0) is 143 Å². The quantitative estimate of drug-likeness (QED) is 0.184. The second-order valence-electron chi connectivity index (χ2n) is 13.0. The number of imidazole rings is 1. The third kappa shape index (κ3) is 3.09. The molecule has 11 rings (SSSR count). The lowest BCUT2D eigenvalue weighted by atomic mass is 9.89. The second kappa shape index (κ2) is 8.86. The van der Waals surface area contributed by atoms with E-state index in [9.17, 15) is 4.79 Å². The van der Waals surface area contributed by atoms with Crippen LogP contribution in [0.5, 0.6) is 0 Å². The van der Waals surface area contributed by atoms with Crippen LogP contribution in [0.1, 0.15) is 25.3 Å². The minimum atomic E-state index is 0.000703. The van der Waals surface area contributed by atoms with Crippen molar-refractivity contribution in [2.24, 2.45) is 0 Å². The molecule has 4 heterocycles. The number of aromatic nitrogens is 4. The molecule has 11 aromatic rings. The molecule has 0 spiro atoms. The fourth-order valence-electron chi connectivity index (χ4n) is 8.56. The Hall–Kier alpha value is -5.94. The van der Waals surface area contributed by atoms with Gasteiger partial charge < -0.3 is 0 Å². The lowest BCUT2D eigenvalue weighted by Crippen LogP contribution is -2.06. The van der Waals surface area contributed by atoms with Gasteiger partial charge in [0.2, 0.25) is 0 Å². The third-order valence-electron chi connectivity index (χ3n) is 10.6. The van der Waals surface area contributed by atoms with Crippen LogP contribution >= 0.6 is 0 Å². The zero-order valence-corrected chi connectivity index (χ0v) is 25.6. The predicted molar refractivity (Wildman–Crippen MR) is 194 cm³/mol. The van der Waals surface area contributed by atoms with Gasteiger partial charge in [-0.1, -0.05) is 43.7 Å². The molecular formula is C42H26N4O. The number of pyridine rings is 2. The fraction of sp³-hybridized carbons (Fsp3) is 0.0952. The summed E-state index contributed by atoms with van der Waals surface area (Å²) in [6, 6.07) is 28.3. The summed E-state index contributed by atoms with van der Waals surface area (Å²) in [6.07, 6.45) is 10.6. The molecule has 220 valence electrons. The Labute approximate surface area is 268 Å². The van der Waals surface area contributed by atoms with Crippen molar-refractivity contribution in [2.45, 2.75) is 26.2 Å². The van der Waals surface area contributed by atoms with Gasteiger partial charge in [0.25, 0.3) is 5.56 Å². The minimum Gasteiger partial charge on any atom is -0.268 e. The van der Waals surface area contributed by atoms with Crippen molar-refractivity contribution in [1.29, 1.82) is 0 Å². The maximum atomic E-state index is 14.9. The Kier molecular flexibility index (Phi) is 4.76. The highest BCUT2D eigenvalue weighted by molar-refractivity contribution is 6.50. The smallest absolute Gasteiger partial charge is 0.265 e. The van der Waals surface area contributed by atoms with Gasteiger partial charge >= 0.3 is 0 Å². The Morgan fingerprint density at radius 3 is 1.81 bits per heavy atom. The van der Waals surface area contributed by atoms with Crippen LogP contribution in [0.4, 0.5) is 0 Å². The van der Waals surface area contributed by atoms with Gasteiger partial charge in [-0.25, -0.2) is 4.98 Å². The molecule has 0 unspecified atom stereocenters. The minimum absolute atomic E-state index is 0.000703. The van der Waals surface area contributed by atoms with Crippen LogP contribution in [0.15, 0.2) is 108 Å². The highest BCUT2D eigenvalue weighted by Crippen LogP contribution is 2.54. The summed E-state index contributed by atoms with van der Waals surface area (Å²) in [4.78, 5) is 28.8. The number of hydrogen-bond donors (Lipinski definition) is 0. The summed E-state index contributed by atoms with van der Waals surface area (Å²) < 4.78 is 1.88. The fourth-order valence-corrected chi connectivity index (χ4v) is 8.56. The van der Waals surface area contributed by atoms with Crippen LogP contribution in [0, 0.1) is 0 Å². The van der Waals surface area contributed by atoms with Crippen LogP contribution in [-0.4, -0.2) is 19.4 Å². The first-order valence-electron chi connectivity index (χ1n) is 16.4. The Balaban J connectivity index is 1.43. The molecule has 0 bridgehead atoms. The summed E-state index contributed by atoms with van der Waals surface area (Å²) >= 11 is 0. The molecule has 0 N–H and O–H groups in total. The molecule has 4 aromatic heterocycles. The lowest BCUT2D eigenvalue weighted by molar-refractivity contribution is 0.795. The molecule has 47 heavy (non-hydrogen) atoms. The van der Waals surface area contributed by atoms with Gasteiger partial charge in [0.15, 0.2) is 0 Å². The van der Waals surface area contributed by atoms with E-state index in [4.69, 9.17) is 4.98 Å². The van der Waals surface area contributed by atoms with E-state index in [0.29, 0.717) is 0 Å². The Morgan fingerprint density at radius 2 is 1.19 bits per heavy atom. The van der Waals surface area contributed by atoms with Gasteiger partial charge in [-0.3, -0.25) is 19.2 Å². The first kappa shape index (κ1) is 25.3. The van der Waals surface area contributed by atoms with E-state index < -0.39 is 0 Å². The van der Waals surface area contributed by atoms with Crippen molar-refractivity contribution in [3.63, 3.8) is 0 Å². The van der Waals surface area contributed by atoms with Crippen LogP contribution in [0.3, 0.4) is 0 Å². The van der Waals surface area contributed by atoms with E-state index in [2.05, 4.69) is 95.8 Å². The van der Waals surface area contributed by atoms with E-state index >= 15 is 0 Å². The maximum absolute atomic E-state index is 14.9. The SMILES string of the molecule is CCCCc1ccc2nc3c4c5cc(-c6ccncc6)c6ccc7ccc8c(-c9ccncc9)cc(c4c(=O)n3c2c1)c1c8c7c6c51. The summed E-state index contributed by atoms with van der Waals surface area (Å²) in [7, 11) is 0. The van der Waals surface area contributed by atoms with Crippen molar-refractivity contribution < 1.29 is 0 Å². The predicted octanol–water partition coefficient (Wildman–Crippen LogP) is 9.98. The van der Waals surface area contributed by atoms with Gasteiger partial charge in [0.05, 0.1) is 16.4 Å². The summed E-state index contributed by atoms with van der Waals surface area (Å²) in [5.41, 5.74) is 8.18. The van der Waals surface area contributed by atoms with Crippen molar-refractivity contribution in [3.05, 3.63) is 120 Å². The number of rotatable bonds is 5. The summed E-state index contributed by atoms with van der Waals surface area (Å²) in [6.45, 7) is 2.21. The first-order chi connectivity index (χ1) is 23.2. The number of fused-ring (bicyclic) bond motifs is 7. The van der Waals surface area contributed by atoms with Crippen LogP contribution in [-0.2, 0) is 6.42 Å². The topological polar surface area (TPSA) is 60.2 Å². The number of aryl methyl sites for hydroxylation is 1. The lowest BCUT2D eigenvalue weighted by Gasteiger charge is -2.13. The third-order valence-corrected chi connectivity index (χ3v) is 10.6. The molecule has 5 heteroatoms. The molecule has 7 aromatic carbocycles. The summed E-state index contributed by atoms with van der Waals surface area (Å²) in [5, 5.41) is 13.5. The average Bonchev–Trinajstić information content (AvgIpc) is 3.77. The van der Waals surface area contributed by atoms with Crippen molar-refractivity contribution in [1.82, 2.24) is 19.4 Å². The molecule has 5 nitrogen and oxygen atoms in total. The molecular weight excluding hydrogens is 576 g/mol.